The molecule has 0 radical (unpaired) electrons. The van der Waals surface area contributed by atoms with Crippen LogP contribution in [0.25, 0.3) is 0 Å². The highest BCUT2D eigenvalue weighted by Gasteiger charge is 2.26. The lowest BCUT2D eigenvalue weighted by molar-refractivity contribution is 1.17. The van der Waals surface area contributed by atoms with Gasteiger partial charge in [-0.2, -0.15) is 0 Å². The Hall–Kier alpha value is -0.280. The molecule has 1 aliphatic carbocycles. The van der Waals surface area contributed by atoms with Crippen molar-refractivity contribution < 1.29 is 0 Å². The second-order valence-corrected chi connectivity index (χ2v) is 3.26. The molecule has 0 unspecified atom stereocenters. The number of hydrogen-bond donors (Lipinski definition) is 1. The molecule has 1 aromatic rings. The number of anilines is 1. The van der Waals surface area contributed by atoms with E-state index in [1.165, 1.54) is 17.7 Å². The average molecular weight is 177 g/mol. The van der Waals surface area contributed by atoms with Crippen LogP contribution in [0.5, 0.6) is 0 Å². The van der Waals surface area contributed by atoms with Crippen molar-refractivity contribution in [3.63, 3.8) is 0 Å². The van der Waals surface area contributed by atoms with Gasteiger partial charge in [0.15, 0.2) is 0 Å². The standard InChI is InChI=1S/C6H8N2S.ClH/c7-6-5(4-1-2-4)9-3-8-6;/h3-4H,1-2,7H2;1H. The fraction of sp³-hybridized carbons (Fsp3) is 0.500. The summed E-state index contributed by atoms with van der Waals surface area (Å²) in [6.45, 7) is 0. The molecule has 0 saturated heterocycles. The molecule has 0 aromatic carbocycles. The summed E-state index contributed by atoms with van der Waals surface area (Å²) in [5, 5.41) is 0. The van der Waals surface area contributed by atoms with Gasteiger partial charge in [-0.3, -0.25) is 0 Å². The van der Waals surface area contributed by atoms with Crippen molar-refractivity contribution in [2.24, 2.45) is 0 Å². The second-order valence-electron chi connectivity index (χ2n) is 2.38. The summed E-state index contributed by atoms with van der Waals surface area (Å²) in [5.74, 6) is 1.51. The summed E-state index contributed by atoms with van der Waals surface area (Å²) in [6, 6.07) is 0. The number of hydrogen-bond acceptors (Lipinski definition) is 3. The first kappa shape index (κ1) is 7.82. The highest BCUT2D eigenvalue weighted by Crippen LogP contribution is 2.44. The minimum atomic E-state index is 0. The molecule has 0 aliphatic heterocycles. The number of nitrogens with zero attached hydrogens (tertiary/aromatic N) is 1. The van der Waals surface area contributed by atoms with Gasteiger partial charge in [-0.25, -0.2) is 4.98 Å². The van der Waals surface area contributed by atoms with E-state index in [0.29, 0.717) is 0 Å². The average Bonchev–Trinajstić information content (AvgIpc) is 2.58. The lowest BCUT2D eigenvalue weighted by Crippen LogP contribution is -1.87. The van der Waals surface area contributed by atoms with Crippen molar-refractivity contribution in [3.8, 4) is 0 Å². The molecule has 4 heteroatoms. The summed E-state index contributed by atoms with van der Waals surface area (Å²) < 4.78 is 0. The van der Waals surface area contributed by atoms with Crippen molar-refractivity contribution in [3.05, 3.63) is 10.4 Å². The van der Waals surface area contributed by atoms with Gasteiger partial charge in [0.05, 0.1) is 10.4 Å². The molecule has 1 fully saturated rings. The van der Waals surface area contributed by atoms with Crippen molar-refractivity contribution in [1.29, 1.82) is 0 Å². The predicted molar refractivity (Wildman–Crippen MR) is 45.7 cm³/mol. The number of aromatic nitrogens is 1. The van der Waals surface area contributed by atoms with Crippen LogP contribution < -0.4 is 5.73 Å². The van der Waals surface area contributed by atoms with E-state index in [1.54, 1.807) is 11.3 Å². The quantitative estimate of drug-likeness (QED) is 0.711. The highest BCUT2D eigenvalue weighted by molar-refractivity contribution is 7.10. The molecular formula is C6H9ClN2S. The third kappa shape index (κ3) is 1.25. The van der Waals surface area contributed by atoms with Crippen molar-refractivity contribution in [2.45, 2.75) is 18.8 Å². The second kappa shape index (κ2) is 2.76. The normalized spacial score (nSPS) is 16.4. The van der Waals surface area contributed by atoms with Gasteiger partial charge in [-0.15, -0.1) is 23.7 Å². The van der Waals surface area contributed by atoms with Gasteiger partial charge in [-0.1, -0.05) is 0 Å². The van der Waals surface area contributed by atoms with Crippen LogP contribution >= 0.6 is 23.7 Å². The lowest BCUT2D eigenvalue weighted by atomic mass is 10.3. The van der Waals surface area contributed by atoms with Crippen LogP contribution in [0.2, 0.25) is 0 Å². The Balaban J connectivity index is 0.000000500. The SMILES string of the molecule is Cl.Nc1ncsc1C1CC1. The van der Waals surface area contributed by atoms with E-state index >= 15 is 0 Å². The zero-order valence-corrected chi connectivity index (χ0v) is 7.04. The minimum Gasteiger partial charge on any atom is -0.383 e. The number of rotatable bonds is 1. The van der Waals surface area contributed by atoms with E-state index in [-0.39, 0.29) is 12.4 Å². The maximum absolute atomic E-state index is 5.58. The summed E-state index contributed by atoms with van der Waals surface area (Å²) in [6.07, 6.45) is 2.62. The maximum Gasteiger partial charge on any atom is 0.137 e. The molecular weight excluding hydrogens is 168 g/mol. The molecule has 1 aliphatic rings. The summed E-state index contributed by atoms with van der Waals surface area (Å²) in [5.41, 5.74) is 7.40. The van der Waals surface area contributed by atoms with Gasteiger partial charge in [0, 0.05) is 0 Å². The largest absolute Gasteiger partial charge is 0.383 e. The van der Waals surface area contributed by atoms with E-state index in [2.05, 4.69) is 4.98 Å². The molecule has 0 spiro atoms. The van der Waals surface area contributed by atoms with Crippen molar-refractivity contribution in [2.75, 3.05) is 5.73 Å². The van der Waals surface area contributed by atoms with Gasteiger partial charge in [-0.05, 0) is 18.8 Å². The Bertz CT molecular complexity index is 219. The molecule has 0 amide bonds. The van der Waals surface area contributed by atoms with Crippen LogP contribution in [0.15, 0.2) is 5.51 Å². The molecule has 2 nitrogen and oxygen atoms in total. The van der Waals surface area contributed by atoms with Gasteiger partial charge >= 0.3 is 0 Å². The van der Waals surface area contributed by atoms with Crippen LogP contribution in [0.1, 0.15) is 23.6 Å². The van der Waals surface area contributed by atoms with E-state index in [9.17, 15) is 0 Å². The van der Waals surface area contributed by atoms with Crippen molar-refractivity contribution >= 4 is 29.6 Å². The zero-order chi connectivity index (χ0) is 6.27. The summed E-state index contributed by atoms with van der Waals surface area (Å²) in [4.78, 5) is 5.28. The van der Waals surface area contributed by atoms with Crippen molar-refractivity contribution in [1.82, 2.24) is 4.98 Å². The number of nitrogen functional groups attached to an aromatic ring is 1. The number of nitrogens with two attached hydrogens (primary N) is 1. The Morgan fingerprint density at radius 2 is 2.30 bits per heavy atom. The molecule has 2 rings (SSSR count). The molecule has 0 bridgehead atoms. The third-order valence-electron chi connectivity index (χ3n) is 1.57. The molecule has 56 valence electrons. The van der Waals surface area contributed by atoms with Gasteiger partial charge in [0.1, 0.15) is 5.82 Å². The molecule has 0 atom stereocenters. The van der Waals surface area contributed by atoms with E-state index in [1.807, 2.05) is 5.51 Å². The molecule has 1 heterocycles. The Kier molecular flexibility index (Phi) is 2.16. The Morgan fingerprint density at radius 3 is 2.70 bits per heavy atom. The van der Waals surface area contributed by atoms with Crippen LogP contribution in [0.3, 0.4) is 0 Å². The predicted octanol–water partition coefficient (Wildman–Crippen LogP) is 2.02. The maximum atomic E-state index is 5.58. The Labute approximate surface area is 69.9 Å². The van der Waals surface area contributed by atoms with E-state index < -0.39 is 0 Å². The van der Waals surface area contributed by atoms with E-state index in [0.717, 1.165) is 11.7 Å². The number of thiazole rings is 1. The molecule has 1 saturated carbocycles. The summed E-state index contributed by atoms with van der Waals surface area (Å²) in [7, 11) is 0. The smallest absolute Gasteiger partial charge is 0.137 e. The molecule has 10 heavy (non-hydrogen) atoms. The Morgan fingerprint density at radius 1 is 1.60 bits per heavy atom. The monoisotopic (exact) mass is 176 g/mol. The van der Waals surface area contributed by atoms with Crippen LogP contribution in [0, 0.1) is 0 Å². The van der Waals surface area contributed by atoms with Gasteiger partial charge in [0.25, 0.3) is 0 Å². The highest BCUT2D eigenvalue weighted by atomic mass is 35.5. The lowest BCUT2D eigenvalue weighted by Gasteiger charge is -1.88. The van der Waals surface area contributed by atoms with Crippen LogP contribution in [-0.2, 0) is 0 Å². The third-order valence-corrected chi connectivity index (χ3v) is 2.58. The first-order valence-electron chi connectivity index (χ1n) is 3.07. The molecule has 2 N–H and O–H groups in total. The number of halogens is 1. The zero-order valence-electron chi connectivity index (χ0n) is 5.41. The fourth-order valence-electron chi connectivity index (χ4n) is 0.915. The topological polar surface area (TPSA) is 38.9 Å². The van der Waals surface area contributed by atoms with Gasteiger partial charge in [0.2, 0.25) is 0 Å². The minimum absolute atomic E-state index is 0. The summed E-state index contributed by atoms with van der Waals surface area (Å²) >= 11 is 1.68. The van der Waals surface area contributed by atoms with Crippen LogP contribution in [0.4, 0.5) is 5.82 Å². The first-order chi connectivity index (χ1) is 4.38. The fourth-order valence-corrected chi connectivity index (χ4v) is 1.80. The first-order valence-corrected chi connectivity index (χ1v) is 3.95. The molecule has 1 aromatic heterocycles. The van der Waals surface area contributed by atoms with Gasteiger partial charge < -0.3 is 5.73 Å². The van der Waals surface area contributed by atoms with Crippen LogP contribution in [-0.4, -0.2) is 4.98 Å². The van der Waals surface area contributed by atoms with E-state index in [4.69, 9.17) is 5.73 Å².